The van der Waals surface area contributed by atoms with Crippen LogP contribution in [0.2, 0.25) is 0 Å². The molecule has 1 aliphatic rings. The normalized spacial score (nSPS) is 14.5. The number of rotatable bonds is 3. The molecular formula is C16H15N3O2S. The summed E-state index contributed by atoms with van der Waals surface area (Å²) in [5.41, 5.74) is 2.46. The Morgan fingerprint density at radius 2 is 2.18 bits per heavy atom. The van der Waals surface area contributed by atoms with Crippen LogP contribution >= 0.6 is 11.3 Å². The van der Waals surface area contributed by atoms with Crippen LogP contribution in [0.4, 0.5) is 0 Å². The molecular weight excluding hydrogens is 298 g/mol. The molecule has 1 fully saturated rings. The van der Waals surface area contributed by atoms with Gasteiger partial charge in [-0.05, 0) is 44.9 Å². The highest BCUT2D eigenvalue weighted by Gasteiger charge is 2.26. The molecule has 0 spiro atoms. The van der Waals surface area contributed by atoms with Crippen LogP contribution in [-0.4, -0.2) is 22.1 Å². The van der Waals surface area contributed by atoms with Crippen molar-refractivity contribution in [2.24, 2.45) is 0 Å². The molecule has 0 atom stereocenters. The molecule has 1 amide bonds. The Labute approximate surface area is 131 Å². The molecule has 22 heavy (non-hydrogen) atoms. The quantitative estimate of drug-likeness (QED) is 0.804. The van der Waals surface area contributed by atoms with Crippen molar-refractivity contribution < 1.29 is 9.32 Å². The van der Waals surface area contributed by atoms with E-state index in [1.54, 1.807) is 11.3 Å². The van der Waals surface area contributed by atoms with Crippen LogP contribution in [0, 0.1) is 13.8 Å². The third kappa shape index (κ3) is 2.29. The van der Waals surface area contributed by atoms with Crippen LogP contribution in [0.3, 0.4) is 0 Å². The molecule has 1 aliphatic carbocycles. The van der Waals surface area contributed by atoms with Gasteiger partial charge in [-0.2, -0.15) is 0 Å². The zero-order chi connectivity index (χ0) is 15.3. The Bertz CT molecular complexity index is 877. The van der Waals surface area contributed by atoms with Gasteiger partial charge in [0.2, 0.25) is 0 Å². The molecule has 0 saturated heterocycles. The van der Waals surface area contributed by atoms with E-state index in [1.165, 1.54) is 4.88 Å². The molecule has 3 heterocycles. The van der Waals surface area contributed by atoms with Crippen molar-refractivity contribution in [1.29, 1.82) is 0 Å². The molecule has 0 bridgehead atoms. The molecule has 6 heteroatoms. The van der Waals surface area contributed by atoms with Crippen molar-refractivity contribution in [3.8, 4) is 10.6 Å². The molecule has 1 N–H and O–H groups in total. The lowest BCUT2D eigenvalue weighted by Gasteiger charge is -2.06. The first-order chi connectivity index (χ1) is 10.6. The van der Waals surface area contributed by atoms with Gasteiger partial charge in [0, 0.05) is 10.9 Å². The Morgan fingerprint density at radius 1 is 1.36 bits per heavy atom. The molecule has 4 rings (SSSR count). The van der Waals surface area contributed by atoms with Crippen molar-refractivity contribution in [2.45, 2.75) is 32.7 Å². The molecule has 0 unspecified atom stereocenters. The lowest BCUT2D eigenvalue weighted by molar-refractivity contribution is 0.0952. The van der Waals surface area contributed by atoms with E-state index in [-0.39, 0.29) is 5.91 Å². The van der Waals surface area contributed by atoms with E-state index in [1.807, 2.05) is 32.0 Å². The Balaban J connectivity index is 1.87. The minimum Gasteiger partial charge on any atom is -0.349 e. The van der Waals surface area contributed by atoms with Crippen LogP contribution in [-0.2, 0) is 0 Å². The summed E-state index contributed by atoms with van der Waals surface area (Å²) >= 11 is 1.65. The first-order valence-electron chi connectivity index (χ1n) is 7.26. The number of aromatic nitrogens is 2. The summed E-state index contributed by atoms with van der Waals surface area (Å²) in [6.07, 6.45) is 2.11. The fourth-order valence-corrected chi connectivity index (χ4v) is 3.29. The van der Waals surface area contributed by atoms with E-state index < -0.39 is 0 Å². The molecule has 0 radical (unpaired) electrons. The van der Waals surface area contributed by atoms with Gasteiger partial charge in [0.25, 0.3) is 11.6 Å². The topological polar surface area (TPSA) is 68.0 Å². The third-order valence-electron chi connectivity index (χ3n) is 3.77. The van der Waals surface area contributed by atoms with Gasteiger partial charge in [0.05, 0.1) is 27.2 Å². The number of carbonyl (C=O) groups is 1. The van der Waals surface area contributed by atoms with Crippen molar-refractivity contribution in [1.82, 2.24) is 15.5 Å². The van der Waals surface area contributed by atoms with Crippen molar-refractivity contribution >= 4 is 28.3 Å². The molecule has 3 aromatic heterocycles. The third-order valence-corrected chi connectivity index (χ3v) is 4.79. The number of carbonyl (C=O) groups excluding carboxylic acids is 1. The fraction of sp³-hybridized carbons (Fsp3) is 0.312. The fourth-order valence-electron chi connectivity index (χ4n) is 2.46. The number of hydrogen-bond donors (Lipinski definition) is 1. The Morgan fingerprint density at radius 3 is 2.86 bits per heavy atom. The second kappa shape index (κ2) is 4.91. The second-order valence-corrected chi connectivity index (χ2v) is 6.95. The average Bonchev–Trinajstić information content (AvgIpc) is 3.08. The highest BCUT2D eigenvalue weighted by atomic mass is 32.1. The molecule has 0 aliphatic heterocycles. The van der Waals surface area contributed by atoms with E-state index >= 15 is 0 Å². The van der Waals surface area contributed by atoms with E-state index in [9.17, 15) is 4.79 Å². The zero-order valence-electron chi connectivity index (χ0n) is 12.3. The number of hydrogen-bond acceptors (Lipinski definition) is 5. The van der Waals surface area contributed by atoms with Crippen LogP contribution in [0.1, 0.15) is 33.8 Å². The highest BCUT2D eigenvalue weighted by molar-refractivity contribution is 7.15. The summed E-state index contributed by atoms with van der Waals surface area (Å²) in [4.78, 5) is 19.3. The van der Waals surface area contributed by atoms with E-state index in [0.29, 0.717) is 28.4 Å². The summed E-state index contributed by atoms with van der Waals surface area (Å²) in [7, 11) is 0. The van der Waals surface area contributed by atoms with Gasteiger partial charge in [0.15, 0.2) is 0 Å². The highest BCUT2D eigenvalue weighted by Crippen LogP contribution is 2.31. The predicted molar refractivity (Wildman–Crippen MR) is 85.1 cm³/mol. The SMILES string of the molecule is Cc1ccc(-c2cc(C(=O)NC3CC3)c3c(C)noc3n2)s1. The van der Waals surface area contributed by atoms with E-state index in [2.05, 4.69) is 15.5 Å². The maximum atomic E-state index is 12.5. The van der Waals surface area contributed by atoms with Gasteiger partial charge in [0.1, 0.15) is 0 Å². The van der Waals surface area contributed by atoms with Crippen LogP contribution in [0.5, 0.6) is 0 Å². The molecule has 1 saturated carbocycles. The summed E-state index contributed by atoms with van der Waals surface area (Å²) < 4.78 is 5.29. The maximum absolute atomic E-state index is 12.5. The monoisotopic (exact) mass is 313 g/mol. The number of amides is 1. The Hall–Kier alpha value is -2.21. The minimum absolute atomic E-state index is 0.0734. The van der Waals surface area contributed by atoms with Crippen molar-refractivity contribution in [3.05, 3.63) is 34.3 Å². The van der Waals surface area contributed by atoms with Crippen molar-refractivity contribution in [3.63, 3.8) is 0 Å². The number of fused-ring (bicyclic) bond motifs is 1. The minimum atomic E-state index is -0.0734. The van der Waals surface area contributed by atoms with Crippen LogP contribution in [0.15, 0.2) is 22.7 Å². The average molecular weight is 313 g/mol. The van der Waals surface area contributed by atoms with Gasteiger partial charge in [-0.1, -0.05) is 5.16 Å². The summed E-state index contributed by atoms with van der Waals surface area (Å²) in [6.45, 7) is 3.88. The van der Waals surface area contributed by atoms with Gasteiger partial charge in [-0.15, -0.1) is 11.3 Å². The zero-order valence-corrected chi connectivity index (χ0v) is 13.2. The smallest absolute Gasteiger partial charge is 0.259 e. The molecule has 5 nitrogen and oxygen atoms in total. The summed E-state index contributed by atoms with van der Waals surface area (Å²) in [5.74, 6) is -0.0734. The van der Waals surface area contributed by atoms with E-state index in [0.717, 1.165) is 23.4 Å². The van der Waals surface area contributed by atoms with Crippen molar-refractivity contribution in [2.75, 3.05) is 0 Å². The van der Waals surface area contributed by atoms with Crippen LogP contribution in [0.25, 0.3) is 21.7 Å². The lowest BCUT2D eigenvalue weighted by Crippen LogP contribution is -2.25. The van der Waals surface area contributed by atoms with Gasteiger partial charge < -0.3 is 9.84 Å². The standard InChI is InChI=1S/C16H15N3O2S/c1-8-3-6-13(22-8)12-7-11(15(20)17-10-4-5-10)14-9(2)19-21-16(14)18-12/h3,6-7,10H,4-5H2,1-2H3,(H,17,20). The number of pyridine rings is 1. The second-order valence-electron chi connectivity index (χ2n) is 5.66. The summed E-state index contributed by atoms with van der Waals surface area (Å²) in [5, 5.41) is 7.69. The largest absolute Gasteiger partial charge is 0.349 e. The molecule has 112 valence electrons. The molecule has 0 aromatic carbocycles. The van der Waals surface area contributed by atoms with Crippen LogP contribution < -0.4 is 5.32 Å². The number of thiophene rings is 1. The first-order valence-corrected chi connectivity index (χ1v) is 8.08. The Kier molecular flexibility index (Phi) is 3.00. The summed E-state index contributed by atoms with van der Waals surface area (Å²) in [6, 6.07) is 6.21. The van der Waals surface area contributed by atoms with E-state index in [4.69, 9.17) is 4.52 Å². The number of nitrogens with one attached hydrogen (secondary N) is 1. The predicted octanol–water partition coefficient (Wildman–Crippen LogP) is 3.46. The number of nitrogens with zero attached hydrogens (tertiary/aromatic N) is 2. The number of aryl methyl sites for hydroxylation is 2. The first kappa shape index (κ1) is 13.5. The maximum Gasteiger partial charge on any atom is 0.259 e. The lowest BCUT2D eigenvalue weighted by atomic mass is 10.1. The van der Waals surface area contributed by atoms with Gasteiger partial charge in [-0.25, -0.2) is 4.98 Å². The van der Waals surface area contributed by atoms with Gasteiger partial charge in [-0.3, -0.25) is 4.79 Å². The molecule has 3 aromatic rings. The van der Waals surface area contributed by atoms with Gasteiger partial charge >= 0.3 is 0 Å².